The molecule has 1 aromatic heterocycles. The standard InChI is InChI=1S/C20H22N2O3/c1-12-2-5-17-15(10-12)16(11-18(21-17)13-3-4-13)19(23)22-8-6-14(7-9-22)20(24)25/h2,5,10-11,13-14H,3-4,6-9H2,1H3,(H,24,25). The highest BCUT2D eigenvalue weighted by Crippen LogP contribution is 2.40. The number of carboxylic acid groups (broad SMARTS) is 1. The molecule has 1 saturated heterocycles. The minimum absolute atomic E-state index is 0.00346. The summed E-state index contributed by atoms with van der Waals surface area (Å²) in [5.41, 5.74) is 3.70. The highest BCUT2D eigenvalue weighted by atomic mass is 16.4. The molecule has 1 aromatic carbocycles. The van der Waals surface area contributed by atoms with Gasteiger partial charge < -0.3 is 10.0 Å². The van der Waals surface area contributed by atoms with Gasteiger partial charge in [-0.15, -0.1) is 0 Å². The second kappa shape index (κ2) is 6.14. The van der Waals surface area contributed by atoms with Crippen molar-refractivity contribution in [2.45, 2.75) is 38.5 Å². The van der Waals surface area contributed by atoms with Crippen LogP contribution in [-0.2, 0) is 4.79 Å². The van der Waals surface area contributed by atoms with Crippen LogP contribution in [0.3, 0.4) is 0 Å². The number of carboxylic acids is 1. The second-order valence-corrected chi connectivity index (χ2v) is 7.29. The predicted octanol–water partition coefficient (Wildman–Crippen LogP) is 3.36. The Hall–Kier alpha value is -2.43. The average molecular weight is 338 g/mol. The molecule has 2 heterocycles. The first-order valence-electron chi connectivity index (χ1n) is 8.96. The number of likely N-dealkylation sites (tertiary alicyclic amines) is 1. The lowest BCUT2D eigenvalue weighted by Gasteiger charge is -2.30. The summed E-state index contributed by atoms with van der Waals surface area (Å²) in [5.74, 6) is -0.602. The van der Waals surface area contributed by atoms with E-state index in [1.54, 1.807) is 4.90 Å². The van der Waals surface area contributed by atoms with Crippen molar-refractivity contribution >= 4 is 22.8 Å². The summed E-state index contributed by atoms with van der Waals surface area (Å²) in [6, 6.07) is 8.00. The van der Waals surface area contributed by atoms with Crippen molar-refractivity contribution in [2.24, 2.45) is 5.92 Å². The molecule has 25 heavy (non-hydrogen) atoms. The van der Waals surface area contributed by atoms with Gasteiger partial charge in [0, 0.05) is 30.1 Å². The van der Waals surface area contributed by atoms with Gasteiger partial charge in [-0.05, 0) is 50.8 Å². The number of aromatic nitrogens is 1. The van der Waals surface area contributed by atoms with Crippen LogP contribution in [0, 0.1) is 12.8 Å². The molecule has 2 fully saturated rings. The molecular weight excluding hydrogens is 316 g/mol. The molecule has 0 bridgehead atoms. The molecule has 0 spiro atoms. The monoisotopic (exact) mass is 338 g/mol. The second-order valence-electron chi connectivity index (χ2n) is 7.29. The van der Waals surface area contributed by atoms with Crippen molar-refractivity contribution in [1.82, 2.24) is 9.88 Å². The van der Waals surface area contributed by atoms with E-state index in [0.717, 1.165) is 35.0 Å². The molecule has 1 aliphatic heterocycles. The van der Waals surface area contributed by atoms with Crippen LogP contribution in [0.4, 0.5) is 0 Å². The highest BCUT2D eigenvalue weighted by Gasteiger charge is 2.30. The lowest BCUT2D eigenvalue weighted by atomic mass is 9.96. The Morgan fingerprint density at radius 1 is 1.12 bits per heavy atom. The third-order valence-corrected chi connectivity index (χ3v) is 5.34. The number of hydrogen-bond acceptors (Lipinski definition) is 3. The number of piperidine rings is 1. The summed E-state index contributed by atoms with van der Waals surface area (Å²) in [6.07, 6.45) is 3.33. The average Bonchev–Trinajstić information content (AvgIpc) is 3.45. The summed E-state index contributed by atoms with van der Waals surface area (Å²) in [4.78, 5) is 30.8. The molecular formula is C20H22N2O3. The van der Waals surface area contributed by atoms with Crippen molar-refractivity contribution < 1.29 is 14.7 Å². The van der Waals surface area contributed by atoms with E-state index in [2.05, 4.69) is 0 Å². The number of hydrogen-bond donors (Lipinski definition) is 1. The van der Waals surface area contributed by atoms with E-state index in [0.29, 0.717) is 37.4 Å². The number of amides is 1. The Labute approximate surface area is 146 Å². The number of aryl methyl sites for hydroxylation is 1. The van der Waals surface area contributed by atoms with E-state index in [4.69, 9.17) is 10.1 Å². The smallest absolute Gasteiger partial charge is 0.306 e. The third-order valence-electron chi connectivity index (χ3n) is 5.34. The van der Waals surface area contributed by atoms with Crippen molar-refractivity contribution in [3.8, 4) is 0 Å². The van der Waals surface area contributed by atoms with Gasteiger partial charge in [0.15, 0.2) is 0 Å². The molecule has 1 amide bonds. The molecule has 2 aromatic rings. The molecule has 0 unspecified atom stereocenters. The summed E-state index contributed by atoms with van der Waals surface area (Å²) in [6.45, 7) is 3.02. The Morgan fingerprint density at radius 2 is 1.84 bits per heavy atom. The number of carbonyl (C=O) groups excluding carboxylic acids is 1. The van der Waals surface area contributed by atoms with Gasteiger partial charge in [-0.1, -0.05) is 11.6 Å². The Morgan fingerprint density at radius 3 is 2.48 bits per heavy atom. The minimum Gasteiger partial charge on any atom is -0.481 e. The van der Waals surface area contributed by atoms with Gasteiger partial charge in [-0.2, -0.15) is 0 Å². The molecule has 0 radical (unpaired) electrons. The van der Waals surface area contributed by atoms with E-state index in [1.807, 2.05) is 31.2 Å². The summed E-state index contributed by atoms with van der Waals surface area (Å²) in [7, 11) is 0. The zero-order chi connectivity index (χ0) is 17.6. The maximum absolute atomic E-state index is 13.1. The third kappa shape index (κ3) is 3.11. The van der Waals surface area contributed by atoms with Gasteiger partial charge in [0.1, 0.15) is 0 Å². The molecule has 130 valence electrons. The number of nitrogens with zero attached hydrogens (tertiary/aromatic N) is 2. The van der Waals surface area contributed by atoms with E-state index in [9.17, 15) is 9.59 Å². The van der Waals surface area contributed by atoms with E-state index >= 15 is 0 Å². The van der Waals surface area contributed by atoms with Crippen LogP contribution in [0.25, 0.3) is 10.9 Å². The Bertz CT molecular complexity index is 849. The van der Waals surface area contributed by atoms with Crippen LogP contribution >= 0.6 is 0 Å². The van der Waals surface area contributed by atoms with Gasteiger partial charge in [0.05, 0.1) is 17.0 Å². The fraction of sp³-hybridized carbons (Fsp3) is 0.450. The minimum atomic E-state index is -0.756. The lowest BCUT2D eigenvalue weighted by Crippen LogP contribution is -2.40. The topological polar surface area (TPSA) is 70.5 Å². The van der Waals surface area contributed by atoms with Crippen molar-refractivity contribution in [2.75, 3.05) is 13.1 Å². The first-order chi connectivity index (χ1) is 12.0. The van der Waals surface area contributed by atoms with Crippen molar-refractivity contribution in [1.29, 1.82) is 0 Å². The zero-order valence-electron chi connectivity index (χ0n) is 14.4. The molecule has 1 saturated carbocycles. The fourth-order valence-electron chi connectivity index (χ4n) is 3.63. The number of aliphatic carboxylic acids is 1. The van der Waals surface area contributed by atoms with Crippen molar-refractivity contribution in [3.63, 3.8) is 0 Å². The van der Waals surface area contributed by atoms with Crippen LogP contribution in [-0.4, -0.2) is 40.0 Å². The number of benzene rings is 1. The molecule has 5 nitrogen and oxygen atoms in total. The fourth-order valence-corrected chi connectivity index (χ4v) is 3.63. The quantitative estimate of drug-likeness (QED) is 0.931. The first-order valence-corrected chi connectivity index (χ1v) is 8.96. The first kappa shape index (κ1) is 16.1. The maximum Gasteiger partial charge on any atom is 0.306 e. The molecule has 5 heteroatoms. The number of fused-ring (bicyclic) bond motifs is 1. The van der Waals surface area contributed by atoms with Gasteiger partial charge in [0.25, 0.3) is 5.91 Å². The van der Waals surface area contributed by atoms with Gasteiger partial charge in [-0.3, -0.25) is 14.6 Å². The van der Waals surface area contributed by atoms with Crippen LogP contribution in [0.15, 0.2) is 24.3 Å². The van der Waals surface area contributed by atoms with Gasteiger partial charge in [-0.25, -0.2) is 0 Å². The van der Waals surface area contributed by atoms with Crippen LogP contribution in [0.1, 0.15) is 53.2 Å². The van der Waals surface area contributed by atoms with E-state index in [1.165, 1.54) is 0 Å². The van der Waals surface area contributed by atoms with Gasteiger partial charge in [0.2, 0.25) is 0 Å². The zero-order valence-corrected chi connectivity index (χ0v) is 14.4. The van der Waals surface area contributed by atoms with Crippen LogP contribution in [0.5, 0.6) is 0 Å². The highest BCUT2D eigenvalue weighted by molar-refractivity contribution is 6.06. The number of rotatable bonds is 3. The number of pyridine rings is 1. The molecule has 2 aliphatic rings. The number of carbonyl (C=O) groups is 2. The Kier molecular flexibility index (Phi) is 3.94. The van der Waals surface area contributed by atoms with Crippen LogP contribution < -0.4 is 0 Å². The summed E-state index contributed by atoms with van der Waals surface area (Å²) in [5, 5.41) is 10.0. The van der Waals surface area contributed by atoms with Crippen LogP contribution in [0.2, 0.25) is 0 Å². The lowest BCUT2D eigenvalue weighted by molar-refractivity contribution is -0.143. The van der Waals surface area contributed by atoms with Crippen molar-refractivity contribution in [3.05, 3.63) is 41.1 Å². The molecule has 1 N–H and O–H groups in total. The van der Waals surface area contributed by atoms with E-state index in [-0.39, 0.29) is 11.8 Å². The molecule has 1 aliphatic carbocycles. The predicted molar refractivity (Wildman–Crippen MR) is 94.7 cm³/mol. The maximum atomic E-state index is 13.1. The molecule has 4 rings (SSSR count). The van der Waals surface area contributed by atoms with Gasteiger partial charge >= 0.3 is 5.97 Å². The molecule has 0 atom stereocenters. The normalized spacial score (nSPS) is 18.5. The SMILES string of the molecule is Cc1ccc2nc(C3CC3)cc(C(=O)N3CCC(C(=O)O)CC3)c2c1. The van der Waals surface area contributed by atoms with E-state index < -0.39 is 5.97 Å². The Balaban J connectivity index is 1.68. The summed E-state index contributed by atoms with van der Waals surface area (Å²) >= 11 is 0. The summed E-state index contributed by atoms with van der Waals surface area (Å²) < 4.78 is 0. The largest absolute Gasteiger partial charge is 0.481 e.